The molecule has 0 saturated heterocycles. The molecule has 16 heavy (non-hydrogen) atoms. The van der Waals surface area contributed by atoms with Crippen LogP contribution in [-0.2, 0) is 13.6 Å². The summed E-state index contributed by atoms with van der Waals surface area (Å²) in [4.78, 5) is 5.52. The number of aromatic nitrogens is 4. The van der Waals surface area contributed by atoms with Gasteiger partial charge in [-0.1, -0.05) is 0 Å². The molecule has 5 nitrogen and oxygen atoms in total. The number of nitrogens with zero attached hydrogens (tertiary/aromatic N) is 4. The van der Waals surface area contributed by atoms with Gasteiger partial charge >= 0.3 is 0 Å². The summed E-state index contributed by atoms with van der Waals surface area (Å²) in [6, 6.07) is 1.95. The normalized spacial score (nSPS) is 11.4. The van der Waals surface area contributed by atoms with Crippen LogP contribution in [0.3, 0.4) is 0 Å². The summed E-state index contributed by atoms with van der Waals surface area (Å²) in [5.74, 6) is 0. The smallest absolute Gasteiger partial charge is 0.194 e. The van der Waals surface area contributed by atoms with Gasteiger partial charge in [0.25, 0.3) is 0 Å². The Kier molecular flexibility index (Phi) is 2.05. The first-order chi connectivity index (χ1) is 7.79. The average molecular weight is 233 g/mol. The van der Waals surface area contributed by atoms with Crippen LogP contribution in [0.5, 0.6) is 0 Å². The zero-order valence-electron chi connectivity index (χ0n) is 8.79. The molecular weight excluding hydrogens is 222 g/mol. The van der Waals surface area contributed by atoms with E-state index in [1.54, 1.807) is 17.5 Å². The number of hydrogen-bond donors (Lipinski definition) is 1. The molecule has 6 heteroatoms. The van der Waals surface area contributed by atoms with Gasteiger partial charge in [0.2, 0.25) is 0 Å². The Hall–Kier alpha value is -1.66. The zero-order chi connectivity index (χ0) is 11.1. The number of hydrogen-bond acceptors (Lipinski definition) is 4. The topological polar surface area (TPSA) is 61.1 Å². The van der Waals surface area contributed by atoms with E-state index < -0.39 is 0 Å². The van der Waals surface area contributed by atoms with E-state index in [0.717, 1.165) is 22.0 Å². The van der Waals surface area contributed by atoms with Gasteiger partial charge in [0.15, 0.2) is 4.96 Å². The van der Waals surface area contributed by atoms with Crippen molar-refractivity contribution in [1.82, 2.24) is 19.2 Å². The summed E-state index contributed by atoms with van der Waals surface area (Å²) in [5.41, 5.74) is 8.69. The highest BCUT2D eigenvalue weighted by molar-refractivity contribution is 7.15. The fourth-order valence-electron chi connectivity index (χ4n) is 1.72. The predicted octanol–water partition coefficient (Wildman–Crippen LogP) is 1.26. The third-order valence-corrected chi connectivity index (χ3v) is 3.46. The lowest BCUT2D eigenvalue weighted by atomic mass is 10.3. The van der Waals surface area contributed by atoms with Gasteiger partial charge in [-0.05, 0) is 6.07 Å². The van der Waals surface area contributed by atoms with Crippen LogP contribution in [0.1, 0.15) is 5.69 Å². The van der Waals surface area contributed by atoms with Gasteiger partial charge in [0.05, 0.1) is 5.69 Å². The van der Waals surface area contributed by atoms with Gasteiger partial charge < -0.3 is 5.73 Å². The zero-order valence-corrected chi connectivity index (χ0v) is 9.61. The Morgan fingerprint density at radius 3 is 3.06 bits per heavy atom. The Morgan fingerprint density at radius 2 is 2.38 bits per heavy atom. The van der Waals surface area contributed by atoms with E-state index >= 15 is 0 Å². The Bertz CT molecular complexity index is 633. The molecule has 3 aromatic heterocycles. The quantitative estimate of drug-likeness (QED) is 0.724. The van der Waals surface area contributed by atoms with E-state index in [1.807, 2.05) is 33.8 Å². The molecule has 0 aliphatic rings. The predicted molar refractivity (Wildman–Crippen MR) is 63.2 cm³/mol. The van der Waals surface area contributed by atoms with Crippen molar-refractivity contribution >= 4 is 16.3 Å². The van der Waals surface area contributed by atoms with Gasteiger partial charge in [0, 0.05) is 37.1 Å². The summed E-state index contributed by atoms with van der Waals surface area (Å²) >= 11 is 1.60. The summed E-state index contributed by atoms with van der Waals surface area (Å²) in [6.07, 6.45) is 3.78. The van der Waals surface area contributed by atoms with Crippen molar-refractivity contribution < 1.29 is 0 Å². The van der Waals surface area contributed by atoms with E-state index in [0.29, 0.717) is 6.54 Å². The SMILES string of the molecule is Cn1nccc1-c1cn2c(CN)csc2n1. The number of fused-ring (bicyclic) bond motifs is 1. The van der Waals surface area contributed by atoms with E-state index in [2.05, 4.69) is 10.1 Å². The lowest BCUT2D eigenvalue weighted by molar-refractivity contribution is 0.774. The van der Waals surface area contributed by atoms with Crippen LogP contribution in [0.15, 0.2) is 23.8 Å². The second kappa shape index (κ2) is 3.43. The van der Waals surface area contributed by atoms with E-state index in [-0.39, 0.29) is 0 Å². The second-order valence-corrected chi connectivity index (χ2v) is 4.39. The molecule has 0 aliphatic heterocycles. The fraction of sp³-hybridized carbons (Fsp3) is 0.200. The Labute approximate surface area is 96.1 Å². The third-order valence-electron chi connectivity index (χ3n) is 2.58. The lowest BCUT2D eigenvalue weighted by Gasteiger charge is -1.95. The van der Waals surface area contributed by atoms with Gasteiger partial charge in [-0.3, -0.25) is 9.08 Å². The molecule has 0 fully saturated rings. The summed E-state index contributed by atoms with van der Waals surface area (Å²) < 4.78 is 3.85. The largest absolute Gasteiger partial charge is 0.325 e. The van der Waals surface area contributed by atoms with Crippen LogP contribution in [0.25, 0.3) is 16.3 Å². The first kappa shape index (κ1) is 9.56. The first-order valence-electron chi connectivity index (χ1n) is 4.93. The number of nitrogens with two attached hydrogens (primary N) is 1. The highest BCUT2D eigenvalue weighted by atomic mass is 32.1. The standard InChI is InChI=1S/C10H11N5S/c1-14-9(2-3-12-14)8-5-15-7(4-11)6-16-10(15)13-8/h2-3,5-6H,4,11H2,1H3. The van der Waals surface area contributed by atoms with Crippen LogP contribution < -0.4 is 5.73 Å². The van der Waals surface area contributed by atoms with Crippen molar-refractivity contribution in [3.05, 3.63) is 29.5 Å². The molecule has 3 rings (SSSR count). The van der Waals surface area contributed by atoms with Crippen molar-refractivity contribution in [3.63, 3.8) is 0 Å². The molecule has 3 aromatic rings. The van der Waals surface area contributed by atoms with Gasteiger partial charge in [0.1, 0.15) is 5.69 Å². The van der Waals surface area contributed by atoms with Crippen molar-refractivity contribution in [1.29, 1.82) is 0 Å². The van der Waals surface area contributed by atoms with E-state index in [9.17, 15) is 0 Å². The minimum atomic E-state index is 0.529. The molecule has 0 bridgehead atoms. The molecule has 0 atom stereocenters. The maximum atomic E-state index is 5.66. The number of imidazole rings is 1. The molecule has 3 heterocycles. The van der Waals surface area contributed by atoms with Crippen molar-refractivity contribution in [2.24, 2.45) is 12.8 Å². The first-order valence-corrected chi connectivity index (χ1v) is 5.81. The monoisotopic (exact) mass is 233 g/mol. The van der Waals surface area contributed by atoms with Crippen molar-refractivity contribution in [2.75, 3.05) is 0 Å². The minimum absolute atomic E-state index is 0.529. The van der Waals surface area contributed by atoms with Crippen LogP contribution >= 0.6 is 11.3 Å². The van der Waals surface area contributed by atoms with E-state index in [4.69, 9.17) is 5.73 Å². The lowest BCUT2D eigenvalue weighted by Crippen LogP contribution is -1.98. The molecule has 2 N–H and O–H groups in total. The Morgan fingerprint density at radius 1 is 1.50 bits per heavy atom. The van der Waals surface area contributed by atoms with Crippen LogP contribution in [-0.4, -0.2) is 19.2 Å². The summed E-state index contributed by atoms with van der Waals surface area (Å²) in [7, 11) is 1.91. The highest BCUT2D eigenvalue weighted by Crippen LogP contribution is 2.22. The molecule has 0 saturated carbocycles. The molecule has 0 aromatic carbocycles. The molecule has 0 spiro atoms. The van der Waals surface area contributed by atoms with Crippen molar-refractivity contribution in [2.45, 2.75) is 6.54 Å². The number of thiazole rings is 1. The maximum absolute atomic E-state index is 5.66. The van der Waals surface area contributed by atoms with Gasteiger partial charge in [-0.15, -0.1) is 11.3 Å². The summed E-state index contributed by atoms with van der Waals surface area (Å²) in [6.45, 7) is 0.529. The molecule has 0 unspecified atom stereocenters. The third kappa shape index (κ3) is 1.27. The summed E-state index contributed by atoms with van der Waals surface area (Å²) in [5, 5.41) is 6.17. The molecule has 0 amide bonds. The fourth-order valence-corrected chi connectivity index (χ4v) is 2.61. The molecule has 82 valence electrons. The average Bonchev–Trinajstić information content (AvgIpc) is 2.90. The van der Waals surface area contributed by atoms with Crippen LogP contribution in [0.4, 0.5) is 0 Å². The highest BCUT2D eigenvalue weighted by Gasteiger charge is 2.10. The minimum Gasteiger partial charge on any atom is -0.325 e. The van der Waals surface area contributed by atoms with Crippen LogP contribution in [0, 0.1) is 0 Å². The molecule has 0 aliphatic carbocycles. The van der Waals surface area contributed by atoms with Crippen molar-refractivity contribution in [3.8, 4) is 11.4 Å². The number of rotatable bonds is 2. The molecule has 0 radical (unpaired) electrons. The van der Waals surface area contributed by atoms with Gasteiger partial charge in [-0.2, -0.15) is 5.10 Å². The Balaban J connectivity index is 2.19. The van der Waals surface area contributed by atoms with Crippen LogP contribution in [0.2, 0.25) is 0 Å². The second-order valence-electron chi connectivity index (χ2n) is 3.55. The molecular formula is C10H11N5S. The number of aryl methyl sites for hydroxylation is 1. The van der Waals surface area contributed by atoms with E-state index in [1.165, 1.54) is 0 Å². The van der Waals surface area contributed by atoms with Gasteiger partial charge in [-0.25, -0.2) is 4.98 Å². The maximum Gasteiger partial charge on any atom is 0.194 e.